The number of aromatic nitrogens is 2. The summed E-state index contributed by atoms with van der Waals surface area (Å²) in [6.45, 7) is 5.85. The fraction of sp³-hybridized carbons (Fsp3) is 0.294. The van der Waals surface area contributed by atoms with Crippen LogP contribution in [0.3, 0.4) is 0 Å². The Kier molecular flexibility index (Phi) is 5.83. The van der Waals surface area contributed by atoms with Crippen molar-refractivity contribution in [1.82, 2.24) is 15.3 Å². The van der Waals surface area contributed by atoms with Gasteiger partial charge in [-0.3, -0.25) is 4.79 Å². The second kappa shape index (κ2) is 8.05. The lowest BCUT2D eigenvalue weighted by Crippen LogP contribution is -2.30. The summed E-state index contributed by atoms with van der Waals surface area (Å²) in [5.41, 5.74) is 1.48. The van der Waals surface area contributed by atoms with Crippen molar-refractivity contribution in [2.24, 2.45) is 0 Å². The molecule has 0 radical (unpaired) electrons. The molecule has 1 heterocycles. The van der Waals surface area contributed by atoms with Crippen molar-refractivity contribution in [3.05, 3.63) is 47.9 Å². The summed E-state index contributed by atoms with van der Waals surface area (Å²) in [7, 11) is 0. The number of amides is 1. The molecule has 0 atom stereocenters. The lowest BCUT2D eigenvalue weighted by atomic mass is 10.2. The van der Waals surface area contributed by atoms with Crippen molar-refractivity contribution < 1.29 is 14.3 Å². The highest BCUT2D eigenvalue weighted by atomic mass is 16.5. The van der Waals surface area contributed by atoms with E-state index in [9.17, 15) is 9.59 Å². The number of rotatable bonds is 6. The molecule has 0 bridgehead atoms. The number of nitrogens with one attached hydrogen (secondary N) is 2. The van der Waals surface area contributed by atoms with Crippen LogP contribution in [0.15, 0.2) is 36.7 Å². The van der Waals surface area contributed by atoms with Crippen molar-refractivity contribution in [3.63, 3.8) is 0 Å². The fourth-order valence-corrected chi connectivity index (χ4v) is 1.90. The number of anilines is 2. The molecule has 0 fully saturated rings. The molecular formula is C17H20N4O3. The maximum atomic E-state index is 11.8. The van der Waals surface area contributed by atoms with Gasteiger partial charge in [-0.1, -0.05) is 0 Å². The highest BCUT2D eigenvalue weighted by Crippen LogP contribution is 2.15. The minimum Gasteiger partial charge on any atom is -0.462 e. The molecule has 2 N–H and O–H groups in total. The van der Waals surface area contributed by atoms with Crippen molar-refractivity contribution in [1.29, 1.82) is 0 Å². The third-order valence-electron chi connectivity index (χ3n) is 2.97. The third kappa shape index (κ3) is 4.77. The molecule has 7 heteroatoms. The Morgan fingerprint density at radius 2 is 1.83 bits per heavy atom. The van der Waals surface area contributed by atoms with E-state index in [-0.39, 0.29) is 23.6 Å². The highest BCUT2D eigenvalue weighted by molar-refractivity contribution is 5.92. The van der Waals surface area contributed by atoms with Gasteiger partial charge in [0.05, 0.1) is 24.6 Å². The molecule has 0 aliphatic rings. The van der Waals surface area contributed by atoms with Gasteiger partial charge in [-0.15, -0.1) is 0 Å². The normalized spacial score (nSPS) is 10.3. The van der Waals surface area contributed by atoms with Gasteiger partial charge in [-0.25, -0.2) is 14.8 Å². The van der Waals surface area contributed by atoms with E-state index in [1.807, 2.05) is 13.8 Å². The molecule has 24 heavy (non-hydrogen) atoms. The highest BCUT2D eigenvalue weighted by Gasteiger charge is 2.09. The lowest BCUT2D eigenvalue weighted by Gasteiger charge is -2.09. The molecule has 7 nitrogen and oxygen atoms in total. The van der Waals surface area contributed by atoms with Crippen LogP contribution in [-0.4, -0.2) is 34.5 Å². The van der Waals surface area contributed by atoms with Crippen molar-refractivity contribution >= 4 is 23.4 Å². The summed E-state index contributed by atoms with van der Waals surface area (Å²) in [6, 6.07) is 6.85. The molecule has 0 saturated carbocycles. The lowest BCUT2D eigenvalue weighted by molar-refractivity contribution is 0.0526. The summed E-state index contributed by atoms with van der Waals surface area (Å²) >= 11 is 0. The minimum atomic E-state index is -0.357. The van der Waals surface area contributed by atoms with Crippen molar-refractivity contribution in [2.75, 3.05) is 11.9 Å². The first-order valence-electron chi connectivity index (χ1n) is 7.66. The number of ether oxygens (including phenoxy) is 1. The second-order valence-corrected chi connectivity index (χ2v) is 5.34. The monoisotopic (exact) mass is 328 g/mol. The standard InChI is InChI=1S/C17H20N4O3/c1-4-24-17(23)12-5-7-13(8-6-12)21-15-10-18-14(9-19-15)16(22)20-11(2)3/h5-11H,4H2,1-3H3,(H,19,21)(H,20,22). The number of hydrogen-bond acceptors (Lipinski definition) is 6. The molecule has 1 aromatic heterocycles. The van der Waals surface area contributed by atoms with Gasteiger partial charge in [-0.05, 0) is 45.0 Å². The van der Waals surface area contributed by atoms with Crippen molar-refractivity contribution in [3.8, 4) is 0 Å². The second-order valence-electron chi connectivity index (χ2n) is 5.34. The van der Waals surface area contributed by atoms with E-state index in [4.69, 9.17) is 4.74 Å². The van der Waals surface area contributed by atoms with Gasteiger partial charge >= 0.3 is 5.97 Å². The Hall–Kier alpha value is -2.96. The first-order chi connectivity index (χ1) is 11.5. The number of benzene rings is 1. The van der Waals surface area contributed by atoms with E-state index in [1.165, 1.54) is 12.4 Å². The van der Waals surface area contributed by atoms with Crippen LogP contribution in [0.25, 0.3) is 0 Å². The van der Waals surface area contributed by atoms with Crippen LogP contribution in [0, 0.1) is 0 Å². The number of hydrogen-bond donors (Lipinski definition) is 2. The SMILES string of the molecule is CCOC(=O)c1ccc(Nc2cnc(C(=O)NC(C)C)cn2)cc1. The van der Waals surface area contributed by atoms with E-state index in [2.05, 4.69) is 20.6 Å². The molecule has 2 rings (SSSR count). The Labute approximate surface area is 140 Å². The summed E-state index contributed by atoms with van der Waals surface area (Å²) in [5, 5.41) is 5.80. The molecular weight excluding hydrogens is 308 g/mol. The van der Waals surface area contributed by atoms with E-state index in [0.29, 0.717) is 18.0 Å². The number of carbonyl (C=O) groups excluding carboxylic acids is 2. The molecule has 126 valence electrons. The Morgan fingerprint density at radius 3 is 2.38 bits per heavy atom. The van der Waals surface area contributed by atoms with Gasteiger partial charge in [-0.2, -0.15) is 0 Å². The zero-order chi connectivity index (χ0) is 17.5. The quantitative estimate of drug-likeness (QED) is 0.792. The Bertz CT molecular complexity index is 697. The number of carbonyl (C=O) groups is 2. The number of esters is 1. The molecule has 0 unspecified atom stereocenters. The average molecular weight is 328 g/mol. The maximum Gasteiger partial charge on any atom is 0.338 e. The van der Waals surface area contributed by atoms with Crippen LogP contribution in [0.1, 0.15) is 41.6 Å². The summed E-state index contributed by atoms with van der Waals surface area (Å²) in [4.78, 5) is 31.6. The van der Waals surface area contributed by atoms with E-state index >= 15 is 0 Å². The summed E-state index contributed by atoms with van der Waals surface area (Å²) in [5.74, 6) is -0.118. The summed E-state index contributed by atoms with van der Waals surface area (Å²) in [6.07, 6.45) is 2.89. The smallest absolute Gasteiger partial charge is 0.338 e. The molecule has 1 amide bonds. The average Bonchev–Trinajstić information content (AvgIpc) is 2.56. The first-order valence-corrected chi connectivity index (χ1v) is 7.66. The van der Waals surface area contributed by atoms with Crippen LogP contribution in [0.4, 0.5) is 11.5 Å². The zero-order valence-corrected chi connectivity index (χ0v) is 13.9. The van der Waals surface area contributed by atoms with E-state index in [1.54, 1.807) is 31.2 Å². The fourth-order valence-electron chi connectivity index (χ4n) is 1.90. The van der Waals surface area contributed by atoms with Gasteiger partial charge < -0.3 is 15.4 Å². The molecule has 2 aromatic rings. The Morgan fingerprint density at radius 1 is 1.12 bits per heavy atom. The van der Waals surface area contributed by atoms with E-state index in [0.717, 1.165) is 5.69 Å². The molecule has 0 aliphatic carbocycles. The van der Waals surface area contributed by atoms with Crippen LogP contribution in [0.5, 0.6) is 0 Å². The van der Waals surface area contributed by atoms with Gasteiger partial charge in [0, 0.05) is 11.7 Å². The number of nitrogens with zero attached hydrogens (tertiary/aromatic N) is 2. The molecule has 0 saturated heterocycles. The largest absolute Gasteiger partial charge is 0.462 e. The topological polar surface area (TPSA) is 93.2 Å². The van der Waals surface area contributed by atoms with Crippen LogP contribution < -0.4 is 10.6 Å². The van der Waals surface area contributed by atoms with Gasteiger partial charge in [0.15, 0.2) is 0 Å². The molecule has 0 spiro atoms. The summed E-state index contributed by atoms with van der Waals surface area (Å²) < 4.78 is 4.93. The van der Waals surface area contributed by atoms with Gasteiger partial charge in [0.2, 0.25) is 0 Å². The first kappa shape index (κ1) is 17.4. The third-order valence-corrected chi connectivity index (χ3v) is 2.97. The Balaban J connectivity index is 2.01. The van der Waals surface area contributed by atoms with Crippen LogP contribution >= 0.6 is 0 Å². The zero-order valence-electron chi connectivity index (χ0n) is 13.9. The maximum absolute atomic E-state index is 11.8. The van der Waals surface area contributed by atoms with Gasteiger partial charge in [0.25, 0.3) is 5.91 Å². The van der Waals surface area contributed by atoms with Crippen LogP contribution in [-0.2, 0) is 4.74 Å². The van der Waals surface area contributed by atoms with Crippen LogP contribution in [0.2, 0.25) is 0 Å². The van der Waals surface area contributed by atoms with Crippen molar-refractivity contribution in [2.45, 2.75) is 26.8 Å². The predicted octanol–water partition coefficient (Wildman–Crippen LogP) is 2.54. The predicted molar refractivity (Wildman–Crippen MR) is 90.3 cm³/mol. The molecule has 0 aliphatic heterocycles. The molecule has 1 aromatic carbocycles. The van der Waals surface area contributed by atoms with E-state index < -0.39 is 0 Å². The minimum absolute atomic E-state index is 0.0371. The van der Waals surface area contributed by atoms with Gasteiger partial charge in [0.1, 0.15) is 11.5 Å².